The van der Waals surface area contributed by atoms with Gasteiger partial charge in [0.15, 0.2) is 0 Å². The van der Waals surface area contributed by atoms with Gasteiger partial charge in [-0.2, -0.15) is 0 Å². The fourth-order valence-corrected chi connectivity index (χ4v) is 3.46. The molecule has 0 radical (unpaired) electrons. The first kappa shape index (κ1) is 15.4. The third-order valence-corrected chi connectivity index (χ3v) is 4.97. The first-order chi connectivity index (χ1) is 11.0. The van der Waals surface area contributed by atoms with E-state index in [0.717, 1.165) is 11.3 Å². The van der Waals surface area contributed by atoms with Gasteiger partial charge in [0.1, 0.15) is 4.83 Å². The van der Waals surface area contributed by atoms with Gasteiger partial charge in [-0.1, -0.05) is 17.7 Å². The van der Waals surface area contributed by atoms with Gasteiger partial charge in [0.05, 0.1) is 16.6 Å². The Hall–Kier alpha value is -2.47. The van der Waals surface area contributed by atoms with E-state index >= 15 is 0 Å². The zero-order valence-electron chi connectivity index (χ0n) is 13.2. The Morgan fingerprint density at radius 1 is 1.26 bits per heavy atom. The molecule has 0 saturated heterocycles. The Labute approximate surface area is 137 Å². The topological polar surface area (TPSA) is 64.0 Å². The number of hydrogen-bond donors (Lipinski definition) is 1. The molecule has 0 aliphatic rings. The molecule has 5 nitrogen and oxygen atoms in total. The predicted octanol–water partition coefficient (Wildman–Crippen LogP) is 3.35. The third kappa shape index (κ3) is 2.77. The minimum Gasteiger partial charge on any atom is -0.321 e. The van der Waals surface area contributed by atoms with Gasteiger partial charge in [-0.15, -0.1) is 11.3 Å². The van der Waals surface area contributed by atoms with E-state index in [-0.39, 0.29) is 11.5 Å². The number of aryl methyl sites for hydroxylation is 3. The van der Waals surface area contributed by atoms with Gasteiger partial charge in [-0.25, -0.2) is 4.98 Å². The zero-order valence-corrected chi connectivity index (χ0v) is 14.0. The molecular formula is C17H17N3O2S. The van der Waals surface area contributed by atoms with Crippen molar-refractivity contribution < 1.29 is 4.79 Å². The number of benzene rings is 1. The summed E-state index contributed by atoms with van der Waals surface area (Å²) in [6.07, 6.45) is 1.53. The summed E-state index contributed by atoms with van der Waals surface area (Å²) >= 11 is 1.25. The Morgan fingerprint density at radius 3 is 2.61 bits per heavy atom. The number of aromatic nitrogens is 2. The lowest BCUT2D eigenvalue weighted by Gasteiger charge is -2.04. The van der Waals surface area contributed by atoms with Crippen molar-refractivity contribution in [1.82, 2.24) is 9.55 Å². The average molecular weight is 327 g/mol. The zero-order chi connectivity index (χ0) is 16.6. The van der Waals surface area contributed by atoms with Crippen LogP contribution in [0.15, 0.2) is 35.4 Å². The van der Waals surface area contributed by atoms with Crippen LogP contribution in [-0.2, 0) is 6.54 Å². The van der Waals surface area contributed by atoms with Crippen molar-refractivity contribution in [2.75, 3.05) is 5.32 Å². The van der Waals surface area contributed by atoms with E-state index in [1.165, 1.54) is 17.7 Å². The highest BCUT2D eigenvalue weighted by molar-refractivity contribution is 7.20. The van der Waals surface area contributed by atoms with E-state index in [1.54, 1.807) is 11.5 Å². The molecule has 0 spiro atoms. The lowest BCUT2D eigenvalue weighted by molar-refractivity contribution is 0.103. The van der Waals surface area contributed by atoms with Crippen LogP contribution in [0.2, 0.25) is 0 Å². The number of rotatable bonds is 3. The number of hydrogen-bond acceptors (Lipinski definition) is 4. The van der Waals surface area contributed by atoms with Crippen molar-refractivity contribution in [3.05, 3.63) is 57.0 Å². The minimum absolute atomic E-state index is 0.0966. The quantitative estimate of drug-likeness (QED) is 0.802. The van der Waals surface area contributed by atoms with E-state index < -0.39 is 0 Å². The van der Waals surface area contributed by atoms with Crippen LogP contribution in [-0.4, -0.2) is 15.5 Å². The normalized spacial score (nSPS) is 10.9. The number of fused-ring (bicyclic) bond motifs is 1. The number of carbonyl (C=O) groups is 1. The van der Waals surface area contributed by atoms with Gasteiger partial charge in [0, 0.05) is 12.2 Å². The van der Waals surface area contributed by atoms with E-state index in [9.17, 15) is 9.59 Å². The molecule has 0 saturated carbocycles. The number of nitrogens with one attached hydrogen (secondary N) is 1. The molecule has 0 bridgehead atoms. The molecule has 0 atom stereocenters. The van der Waals surface area contributed by atoms with Gasteiger partial charge in [-0.05, 0) is 38.5 Å². The van der Waals surface area contributed by atoms with Crippen LogP contribution in [0.25, 0.3) is 10.2 Å². The molecular weight excluding hydrogens is 310 g/mol. The molecule has 0 unspecified atom stereocenters. The molecule has 118 valence electrons. The van der Waals surface area contributed by atoms with Crippen LogP contribution < -0.4 is 10.9 Å². The third-order valence-electron chi connectivity index (χ3n) is 3.77. The number of thiophene rings is 1. The van der Waals surface area contributed by atoms with Crippen molar-refractivity contribution in [2.45, 2.75) is 27.3 Å². The maximum absolute atomic E-state index is 12.5. The SMILES string of the molecule is CCn1cnc2sc(C(=O)Nc3ccc(C)cc3)c(C)c2c1=O. The molecule has 1 aromatic carbocycles. The second-order valence-electron chi connectivity index (χ2n) is 5.39. The number of carbonyl (C=O) groups excluding carboxylic acids is 1. The molecule has 3 rings (SSSR count). The van der Waals surface area contributed by atoms with Gasteiger partial charge >= 0.3 is 0 Å². The van der Waals surface area contributed by atoms with Gasteiger partial charge < -0.3 is 5.32 Å². The summed E-state index contributed by atoms with van der Waals surface area (Å²) in [5.74, 6) is -0.211. The Kier molecular flexibility index (Phi) is 4.00. The van der Waals surface area contributed by atoms with Crippen molar-refractivity contribution in [1.29, 1.82) is 0 Å². The van der Waals surface area contributed by atoms with Crippen LogP contribution >= 0.6 is 11.3 Å². The molecule has 0 aliphatic carbocycles. The molecule has 1 N–H and O–H groups in total. The Bertz CT molecular complexity index is 939. The van der Waals surface area contributed by atoms with Crippen LogP contribution in [0.4, 0.5) is 5.69 Å². The Balaban J connectivity index is 2.01. The maximum Gasteiger partial charge on any atom is 0.266 e. The highest BCUT2D eigenvalue weighted by atomic mass is 32.1. The van der Waals surface area contributed by atoms with Crippen LogP contribution in [0.3, 0.4) is 0 Å². The highest BCUT2D eigenvalue weighted by Gasteiger charge is 2.19. The fraction of sp³-hybridized carbons (Fsp3) is 0.235. The van der Waals surface area contributed by atoms with Gasteiger partial charge in [0.25, 0.3) is 11.5 Å². The summed E-state index contributed by atoms with van der Waals surface area (Å²) in [5.41, 5.74) is 2.46. The van der Waals surface area contributed by atoms with Crippen molar-refractivity contribution in [3.63, 3.8) is 0 Å². The lowest BCUT2D eigenvalue weighted by atomic mass is 10.2. The molecule has 23 heavy (non-hydrogen) atoms. The van der Waals surface area contributed by atoms with Crippen LogP contribution in [0.1, 0.15) is 27.7 Å². The van der Waals surface area contributed by atoms with Crippen molar-refractivity contribution >= 4 is 33.1 Å². The van der Waals surface area contributed by atoms with Crippen LogP contribution in [0, 0.1) is 13.8 Å². The molecule has 2 heterocycles. The summed E-state index contributed by atoms with van der Waals surface area (Å²) in [4.78, 5) is 30.4. The largest absolute Gasteiger partial charge is 0.321 e. The first-order valence-corrected chi connectivity index (χ1v) is 8.19. The molecule has 0 fully saturated rings. The van der Waals surface area contributed by atoms with E-state index in [4.69, 9.17) is 0 Å². The summed E-state index contributed by atoms with van der Waals surface area (Å²) in [6.45, 7) is 6.24. The van der Waals surface area contributed by atoms with Crippen molar-refractivity contribution in [3.8, 4) is 0 Å². The van der Waals surface area contributed by atoms with Gasteiger partial charge in [-0.3, -0.25) is 14.2 Å². The van der Waals surface area contributed by atoms with E-state index in [1.807, 2.05) is 38.1 Å². The number of amides is 1. The fourth-order valence-electron chi connectivity index (χ4n) is 2.43. The van der Waals surface area contributed by atoms with E-state index in [0.29, 0.717) is 27.2 Å². The molecule has 6 heteroatoms. The summed E-state index contributed by atoms with van der Waals surface area (Å²) in [6, 6.07) is 7.60. The number of nitrogens with zero attached hydrogens (tertiary/aromatic N) is 2. The van der Waals surface area contributed by atoms with Crippen LogP contribution in [0.5, 0.6) is 0 Å². The first-order valence-electron chi connectivity index (χ1n) is 7.37. The number of anilines is 1. The predicted molar refractivity (Wildman–Crippen MR) is 93.4 cm³/mol. The molecule has 0 aliphatic heterocycles. The lowest BCUT2D eigenvalue weighted by Crippen LogP contribution is -2.19. The second kappa shape index (κ2) is 5.96. The highest BCUT2D eigenvalue weighted by Crippen LogP contribution is 2.27. The molecule has 1 amide bonds. The maximum atomic E-state index is 12.5. The standard InChI is InChI=1S/C17H17N3O2S/c1-4-20-9-18-16-13(17(20)22)11(3)14(23-16)15(21)19-12-7-5-10(2)6-8-12/h5-9H,4H2,1-3H3,(H,19,21). The molecule has 2 aromatic heterocycles. The van der Waals surface area contributed by atoms with Crippen molar-refractivity contribution in [2.24, 2.45) is 0 Å². The van der Waals surface area contributed by atoms with Gasteiger partial charge in [0.2, 0.25) is 0 Å². The molecule has 3 aromatic rings. The summed E-state index contributed by atoms with van der Waals surface area (Å²) in [5, 5.41) is 3.41. The summed E-state index contributed by atoms with van der Waals surface area (Å²) < 4.78 is 1.55. The second-order valence-corrected chi connectivity index (χ2v) is 6.39. The smallest absolute Gasteiger partial charge is 0.266 e. The van der Waals surface area contributed by atoms with E-state index in [2.05, 4.69) is 10.3 Å². The Morgan fingerprint density at radius 2 is 1.96 bits per heavy atom. The monoisotopic (exact) mass is 327 g/mol. The summed E-state index contributed by atoms with van der Waals surface area (Å²) in [7, 11) is 0. The minimum atomic E-state index is -0.211. The average Bonchev–Trinajstić information content (AvgIpc) is 2.88.